The predicted molar refractivity (Wildman–Crippen MR) is 100 cm³/mol. The maximum absolute atomic E-state index is 12.4. The summed E-state index contributed by atoms with van der Waals surface area (Å²) in [6, 6.07) is 5.46. The van der Waals surface area contributed by atoms with Crippen molar-refractivity contribution in [3.8, 4) is 0 Å². The van der Waals surface area contributed by atoms with Crippen molar-refractivity contribution in [1.29, 1.82) is 0 Å². The third kappa shape index (κ3) is 3.38. The molecule has 0 unspecified atom stereocenters. The molecule has 4 heterocycles. The van der Waals surface area contributed by atoms with Gasteiger partial charge in [-0.15, -0.1) is 10.2 Å². The van der Waals surface area contributed by atoms with Gasteiger partial charge >= 0.3 is 0 Å². The van der Waals surface area contributed by atoms with Crippen molar-refractivity contribution in [2.75, 3.05) is 13.1 Å². The third-order valence-corrected chi connectivity index (χ3v) is 5.34. The molecule has 0 amide bonds. The van der Waals surface area contributed by atoms with Gasteiger partial charge in [-0.3, -0.25) is 14.1 Å². The fourth-order valence-electron chi connectivity index (χ4n) is 3.90. The number of nitrogens with zero attached hydrogens (tertiary/aromatic N) is 6. The highest BCUT2D eigenvalue weighted by Crippen LogP contribution is 2.26. The molecule has 27 heavy (non-hydrogen) atoms. The van der Waals surface area contributed by atoms with Gasteiger partial charge in [-0.05, 0) is 37.9 Å². The Balaban J connectivity index is 1.56. The largest absolute Gasteiger partial charge is 0.388 e. The van der Waals surface area contributed by atoms with E-state index in [1.54, 1.807) is 16.7 Å². The Labute approximate surface area is 157 Å². The van der Waals surface area contributed by atoms with Gasteiger partial charge in [-0.2, -0.15) is 0 Å². The second kappa shape index (κ2) is 7.21. The minimum Gasteiger partial charge on any atom is -0.388 e. The number of pyridine rings is 1. The van der Waals surface area contributed by atoms with Gasteiger partial charge in [0, 0.05) is 38.3 Å². The number of piperidine rings is 1. The van der Waals surface area contributed by atoms with Gasteiger partial charge in [-0.25, -0.2) is 4.98 Å². The SMILES string of the molecule is Cc1cccn2c(=O)cc(CN3CCC[C@H](c4nnc(CO)n4C)C3)nc12. The Bertz CT molecular complexity index is 1020. The minimum atomic E-state index is -0.107. The molecule has 1 saturated heterocycles. The van der Waals surface area contributed by atoms with Crippen molar-refractivity contribution in [3.05, 3.63) is 57.7 Å². The smallest absolute Gasteiger partial charge is 0.258 e. The lowest BCUT2D eigenvalue weighted by Crippen LogP contribution is -2.35. The van der Waals surface area contributed by atoms with E-state index >= 15 is 0 Å². The number of fused-ring (bicyclic) bond motifs is 1. The highest BCUT2D eigenvalue weighted by atomic mass is 16.3. The summed E-state index contributed by atoms with van der Waals surface area (Å²) in [5, 5.41) is 17.7. The fraction of sp³-hybridized carbons (Fsp3) is 0.474. The highest BCUT2D eigenvalue weighted by Gasteiger charge is 2.26. The fourth-order valence-corrected chi connectivity index (χ4v) is 3.90. The van der Waals surface area contributed by atoms with E-state index in [4.69, 9.17) is 4.98 Å². The topological polar surface area (TPSA) is 88.5 Å². The second-order valence-corrected chi connectivity index (χ2v) is 7.24. The van der Waals surface area contributed by atoms with Crippen LogP contribution >= 0.6 is 0 Å². The number of rotatable bonds is 4. The summed E-state index contributed by atoms with van der Waals surface area (Å²) in [5.74, 6) is 1.76. The van der Waals surface area contributed by atoms with Crippen LogP contribution in [0.3, 0.4) is 0 Å². The molecule has 1 aliphatic rings. The van der Waals surface area contributed by atoms with Crippen LogP contribution in [0, 0.1) is 6.92 Å². The van der Waals surface area contributed by atoms with Crippen LogP contribution < -0.4 is 5.56 Å². The molecule has 0 aromatic carbocycles. The maximum Gasteiger partial charge on any atom is 0.258 e. The van der Waals surface area contributed by atoms with Crippen LogP contribution in [0.1, 0.15) is 41.7 Å². The molecule has 0 saturated carbocycles. The first-order valence-corrected chi connectivity index (χ1v) is 9.26. The number of aliphatic hydroxyl groups is 1. The zero-order valence-corrected chi connectivity index (χ0v) is 15.7. The summed E-state index contributed by atoms with van der Waals surface area (Å²) in [6.45, 7) is 4.31. The van der Waals surface area contributed by atoms with E-state index in [9.17, 15) is 9.90 Å². The molecule has 1 fully saturated rings. The van der Waals surface area contributed by atoms with Crippen molar-refractivity contribution in [2.24, 2.45) is 7.05 Å². The number of aryl methyl sites for hydroxylation is 1. The first kappa shape index (κ1) is 17.8. The van der Waals surface area contributed by atoms with Crippen molar-refractivity contribution in [3.63, 3.8) is 0 Å². The van der Waals surface area contributed by atoms with Crippen LogP contribution in [0.15, 0.2) is 29.2 Å². The van der Waals surface area contributed by atoms with Gasteiger partial charge in [0.15, 0.2) is 5.82 Å². The molecule has 1 aliphatic heterocycles. The molecule has 3 aromatic rings. The molecule has 1 N–H and O–H groups in total. The number of likely N-dealkylation sites (tertiary alicyclic amines) is 1. The Hall–Kier alpha value is -2.58. The average Bonchev–Trinajstić information content (AvgIpc) is 3.03. The zero-order chi connectivity index (χ0) is 19.0. The molecule has 0 radical (unpaired) electrons. The lowest BCUT2D eigenvalue weighted by Gasteiger charge is -2.31. The Morgan fingerprint density at radius 3 is 2.96 bits per heavy atom. The summed E-state index contributed by atoms with van der Waals surface area (Å²) in [4.78, 5) is 19.5. The van der Waals surface area contributed by atoms with Crippen molar-refractivity contribution >= 4 is 5.65 Å². The first-order chi connectivity index (χ1) is 13.1. The lowest BCUT2D eigenvalue weighted by atomic mass is 9.97. The predicted octanol–water partition coefficient (Wildman–Crippen LogP) is 1.00. The van der Waals surface area contributed by atoms with E-state index in [-0.39, 0.29) is 18.1 Å². The molecule has 3 aromatic heterocycles. The summed E-state index contributed by atoms with van der Waals surface area (Å²) in [5.41, 5.74) is 2.45. The van der Waals surface area contributed by atoms with Crippen LogP contribution in [-0.4, -0.2) is 47.2 Å². The molecule has 0 bridgehead atoms. The third-order valence-electron chi connectivity index (χ3n) is 5.34. The summed E-state index contributed by atoms with van der Waals surface area (Å²) in [6.07, 6.45) is 3.85. The maximum atomic E-state index is 12.4. The van der Waals surface area contributed by atoms with Crippen LogP contribution in [0.5, 0.6) is 0 Å². The van der Waals surface area contributed by atoms with Crippen molar-refractivity contribution in [2.45, 2.75) is 38.8 Å². The first-order valence-electron chi connectivity index (χ1n) is 9.26. The summed E-state index contributed by atoms with van der Waals surface area (Å²) in [7, 11) is 1.90. The normalized spacial score (nSPS) is 18.3. The zero-order valence-electron chi connectivity index (χ0n) is 15.7. The van der Waals surface area contributed by atoms with Gasteiger partial charge in [0.2, 0.25) is 0 Å². The van der Waals surface area contributed by atoms with Gasteiger partial charge < -0.3 is 9.67 Å². The minimum absolute atomic E-state index is 0.0480. The van der Waals surface area contributed by atoms with Crippen LogP contribution in [0.25, 0.3) is 5.65 Å². The quantitative estimate of drug-likeness (QED) is 0.739. The van der Waals surface area contributed by atoms with E-state index in [2.05, 4.69) is 15.1 Å². The second-order valence-electron chi connectivity index (χ2n) is 7.24. The molecule has 1 atom stereocenters. The van der Waals surface area contributed by atoms with Crippen LogP contribution in [0.2, 0.25) is 0 Å². The molecular formula is C19H24N6O2. The van der Waals surface area contributed by atoms with E-state index in [0.29, 0.717) is 12.4 Å². The molecular weight excluding hydrogens is 344 g/mol. The van der Waals surface area contributed by atoms with Gasteiger partial charge in [0.1, 0.15) is 18.1 Å². The standard InChI is InChI=1S/C19H24N6O2/c1-13-5-3-8-25-17(27)9-15(20-18(13)25)11-24-7-4-6-14(10-24)19-22-21-16(12-26)23(19)2/h3,5,8-9,14,26H,4,6-7,10-12H2,1-2H3/t14-/m0/s1. The molecule has 8 nitrogen and oxygen atoms in total. The Kier molecular flexibility index (Phi) is 4.75. The molecule has 8 heteroatoms. The van der Waals surface area contributed by atoms with Crippen LogP contribution in [0.4, 0.5) is 0 Å². The van der Waals surface area contributed by atoms with E-state index < -0.39 is 0 Å². The monoisotopic (exact) mass is 368 g/mol. The summed E-state index contributed by atoms with van der Waals surface area (Å²) >= 11 is 0. The number of aromatic nitrogens is 5. The Morgan fingerprint density at radius 1 is 1.33 bits per heavy atom. The van der Waals surface area contributed by atoms with E-state index in [1.807, 2.05) is 30.7 Å². The number of hydrogen-bond donors (Lipinski definition) is 1. The van der Waals surface area contributed by atoms with E-state index in [1.165, 1.54) is 0 Å². The highest BCUT2D eigenvalue weighted by molar-refractivity contribution is 5.46. The van der Waals surface area contributed by atoms with Crippen molar-refractivity contribution in [1.82, 2.24) is 29.0 Å². The number of hydrogen-bond acceptors (Lipinski definition) is 6. The average molecular weight is 368 g/mol. The van der Waals surface area contributed by atoms with E-state index in [0.717, 1.165) is 48.7 Å². The van der Waals surface area contributed by atoms with Gasteiger partial charge in [0.25, 0.3) is 5.56 Å². The summed E-state index contributed by atoms with van der Waals surface area (Å²) < 4.78 is 3.48. The molecule has 0 spiro atoms. The lowest BCUT2D eigenvalue weighted by molar-refractivity contribution is 0.192. The molecule has 0 aliphatic carbocycles. The van der Waals surface area contributed by atoms with Crippen LogP contribution in [-0.2, 0) is 20.2 Å². The Morgan fingerprint density at radius 2 is 2.19 bits per heavy atom. The number of aliphatic hydroxyl groups excluding tert-OH is 1. The molecule has 4 rings (SSSR count). The van der Waals surface area contributed by atoms with Gasteiger partial charge in [0.05, 0.1) is 5.69 Å². The molecule has 142 valence electrons. The van der Waals surface area contributed by atoms with Gasteiger partial charge in [-0.1, -0.05) is 6.07 Å². The van der Waals surface area contributed by atoms with Crippen molar-refractivity contribution < 1.29 is 5.11 Å².